The average molecular weight is 419 g/mol. The number of rotatable bonds is 14. The normalized spacial score (nSPS) is 12.8. The summed E-state index contributed by atoms with van der Waals surface area (Å²) in [5.41, 5.74) is -1.71. The van der Waals surface area contributed by atoms with E-state index in [1.807, 2.05) is 6.92 Å². The molecule has 2 nitrogen and oxygen atoms in total. The molecule has 0 fully saturated rings. The van der Waals surface area contributed by atoms with Crippen molar-refractivity contribution in [2.24, 2.45) is 0 Å². The molecule has 0 heterocycles. The van der Waals surface area contributed by atoms with Crippen molar-refractivity contribution in [2.45, 2.75) is 103 Å². The summed E-state index contributed by atoms with van der Waals surface area (Å²) < 4.78 is 57.9. The number of carbonyl (C=O) groups is 1. The fraction of sp³-hybridized carbons (Fsp3) is 0.696. The number of esters is 1. The first-order chi connectivity index (χ1) is 13.8. The molecule has 0 amide bonds. The number of ether oxygens (including phenoxy) is 1. The SMILES string of the molecule is CCCCCCCCCCC(CCCC)OC(=O)c1cc(C(F)(F)F)ccc1F. The Bertz CT molecular complexity index is 599. The predicted octanol–water partition coefficient (Wildman–Crippen LogP) is 8.09. The van der Waals surface area contributed by atoms with Crippen molar-refractivity contribution >= 4 is 5.97 Å². The Balaban J connectivity index is 2.58. The highest BCUT2D eigenvalue weighted by molar-refractivity contribution is 5.90. The number of alkyl halides is 3. The van der Waals surface area contributed by atoms with Gasteiger partial charge in [0.15, 0.2) is 0 Å². The van der Waals surface area contributed by atoms with Gasteiger partial charge in [0, 0.05) is 0 Å². The van der Waals surface area contributed by atoms with E-state index in [4.69, 9.17) is 4.74 Å². The molecule has 1 atom stereocenters. The number of hydrogen-bond acceptors (Lipinski definition) is 2. The lowest BCUT2D eigenvalue weighted by Crippen LogP contribution is -2.20. The highest BCUT2D eigenvalue weighted by atomic mass is 19.4. The van der Waals surface area contributed by atoms with E-state index in [1.165, 1.54) is 32.1 Å². The van der Waals surface area contributed by atoms with Crippen LogP contribution in [0.1, 0.15) is 107 Å². The Kier molecular flexibility index (Phi) is 11.9. The molecule has 0 bridgehead atoms. The first-order valence-electron chi connectivity index (χ1n) is 10.9. The highest BCUT2D eigenvalue weighted by Gasteiger charge is 2.32. The van der Waals surface area contributed by atoms with E-state index < -0.39 is 35.2 Å². The van der Waals surface area contributed by atoms with E-state index in [9.17, 15) is 22.4 Å². The minimum absolute atomic E-state index is 0.392. The van der Waals surface area contributed by atoms with Gasteiger partial charge < -0.3 is 4.74 Å². The average Bonchev–Trinajstić information content (AvgIpc) is 2.67. The van der Waals surface area contributed by atoms with Crippen LogP contribution in [0.2, 0.25) is 0 Å². The van der Waals surface area contributed by atoms with Crippen LogP contribution < -0.4 is 0 Å². The molecule has 1 rings (SSSR count). The van der Waals surface area contributed by atoms with Crippen molar-refractivity contribution in [3.63, 3.8) is 0 Å². The lowest BCUT2D eigenvalue weighted by Gasteiger charge is -2.18. The third-order valence-electron chi connectivity index (χ3n) is 5.05. The van der Waals surface area contributed by atoms with E-state index in [0.29, 0.717) is 31.0 Å². The van der Waals surface area contributed by atoms with Gasteiger partial charge in [-0.3, -0.25) is 0 Å². The number of unbranched alkanes of at least 4 members (excludes halogenated alkanes) is 8. The molecule has 0 aliphatic heterocycles. The van der Waals surface area contributed by atoms with Gasteiger partial charge >= 0.3 is 12.1 Å². The van der Waals surface area contributed by atoms with E-state index in [2.05, 4.69) is 6.92 Å². The third kappa shape index (κ3) is 10.1. The first-order valence-corrected chi connectivity index (χ1v) is 10.9. The van der Waals surface area contributed by atoms with Crippen molar-refractivity contribution in [3.8, 4) is 0 Å². The number of halogens is 4. The van der Waals surface area contributed by atoms with Crippen LogP contribution in [0.25, 0.3) is 0 Å². The van der Waals surface area contributed by atoms with Crippen LogP contribution in [0.3, 0.4) is 0 Å². The van der Waals surface area contributed by atoms with Crippen LogP contribution in [-0.4, -0.2) is 12.1 Å². The smallest absolute Gasteiger partial charge is 0.416 e. The van der Waals surface area contributed by atoms with Gasteiger partial charge in [-0.05, 0) is 37.5 Å². The van der Waals surface area contributed by atoms with Crippen molar-refractivity contribution in [2.75, 3.05) is 0 Å². The van der Waals surface area contributed by atoms with Gasteiger partial charge in [0.25, 0.3) is 0 Å². The maximum atomic E-state index is 13.9. The van der Waals surface area contributed by atoms with Crippen LogP contribution in [-0.2, 0) is 10.9 Å². The molecule has 1 unspecified atom stereocenters. The summed E-state index contributed by atoms with van der Waals surface area (Å²) in [6, 6.07) is 1.82. The molecule has 0 radical (unpaired) electrons. The van der Waals surface area contributed by atoms with Crippen molar-refractivity contribution in [1.29, 1.82) is 0 Å². The zero-order valence-electron chi connectivity index (χ0n) is 17.6. The van der Waals surface area contributed by atoms with Gasteiger partial charge in [0.05, 0.1) is 11.1 Å². The molecule has 0 saturated carbocycles. The Morgan fingerprint density at radius 2 is 1.45 bits per heavy atom. The molecule has 166 valence electrons. The molecule has 0 aromatic heterocycles. The fourth-order valence-electron chi connectivity index (χ4n) is 3.27. The Morgan fingerprint density at radius 3 is 2.03 bits per heavy atom. The van der Waals surface area contributed by atoms with Crippen molar-refractivity contribution in [1.82, 2.24) is 0 Å². The second kappa shape index (κ2) is 13.6. The minimum Gasteiger partial charge on any atom is -0.459 e. The van der Waals surface area contributed by atoms with Gasteiger partial charge in [-0.1, -0.05) is 71.6 Å². The minimum atomic E-state index is -4.64. The summed E-state index contributed by atoms with van der Waals surface area (Å²) in [4.78, 5) is 12.3. The van der Waals surface area contributed by atoms with E-state index in [0.717, 1.165) is 32.1 Å². The van der Waals surface area contributed by atoms with Crippen LogP contribution in [0, 0.1) is 5.82 Å². The summed E-state index contributed by atoms with van der Waals surface area (Å²) in [6.07, 6.45) is 7.24. The molecule has 6 heteroatoms. The standard InChI is InChI=1S/C23H34F4O2/c1-3-5-7-8-9-10-11-12-14-19(13-6-4-2)29-22(28)20-17-18(23(25,26)27)15-16-21(20)24/h15-17,19H,3-14H2,1-2H3. The fourth-order valence-corrected chi connectivity index (χ4v) is 3.27. The zero-order chi connectivity index (χ0) is 21.7. The summed E-state index contributed by atoms with van der Waals surface area (Å²) in [5, 5.41) is 0. The quantitative estimate of drug-likeness (QED) is 0.173. The maximum Gasteiger partial charge on any atom is 0.416 e. The van der Waals surface area contributed by atoms with Crippen LogP contribution >= 0.6 is 0 Å². The molecule has 0 N–H and O–H groups in total. The highest BCUT2D eigenvalue weighted by Crippen LogP contribution is 2.30. The van der Waals surface area contributed by atoms with Crippen LogP contribution in [0.5, 0.6) is 0 Å². The van der Waals surface area contributed by atoms with Gasteiger partial charge in [-0.2, -0.15) is 13.2 Å². The topological polar surface area (TPSA) is 26.3 Å². The summed E-state index contributed by atoms with van der Waals surface area (Å²) >= 11 is 0. The Morgan fingerprint density at radius 1 is 0.897 bits per heavy atom. The van der Waals surface area contributed by atoms with Gasteiger partial charge in [0.2, 0.25) is 0 Å². The Labute approximate surface area is 172 Å². The van der Waals surface area contributed by atoms with Crippen molar-refractivity contribution < 1.29 is 27.1 Å². The summed E-state index contributed by atoms with van der Waals surface area (Å²) in [5.74, 6) is -2.02. The molecular weight excluding hydrogens is 384 g/mol. The van der Waals surface area contributed by atoms with Gasteiger partial charge in [-0.25, -0.2) is 9.18 Å². The molecule has 0 aliphatic rings. The number of benzene rings is 1. The molecule has 0 saturated heterocycles. The summed E-state index contributed by atoms with van der Waals surface area (Å²) in [6.45, 7) is 4.20. The number of hydrogen-bond donors (Lipinski definition) is 0. The number of carbonyl (C=O) groups excluding carboxylic acids is 1. The molecule has 0 spiro atoms. The zero-order valence-corrected chi connectivity index (χ0v) is 17.6. The maximum absolute atomic E-state index is 13.9. The second-order valence-electron chi connectivity index (χ2n) is 7.63. The molecule has 1 aromatic carbocycles. The lowest BCUT2D eigenvalue weighted by molar-refractivity contribution is -0.137. The largest absolute Gasteiger partial charge is 0.459 e. The van der Waals surface area contributed by atoms with Gasteiger partial charge in [-0.15, -0.1) is 0 Å². The molecule has 29 heavy (non-hydrogen) atoms. The van der Waals surface area contributed by atoms with E-state index in [1.54, 1.807) is 0 Å². The van der Waals surface area contributed by atoms with Gasteiger partial charge in [0.1, 0.15) is 11.9 Å². The van der Waals surface area contributed by atoms with E-state index >= 15 is 0 Å². The molecular formula is C23H34F4O2. The predicted molar refractivity (Wildman–Crippen MR) is 107 cm³/mol. The van der Waals surface area contributed by atoms with E-state index in [-0.39, 0.29) is 0 Å². The Hall–Kier alpha value is -1.59. The second-order valence-corrected chi connectivity index (χ2v) is 7.63. The molecule has 0 aliphatic carbocycles. The lowest BCUT2D eigenvalue weighted by atomic mass is 10.0. The first kappa shape index (κ1) is 25.4. The third-order valence-corrected chi connectivity index (χ3v) is 5.05. The molecule has 1 aromatic rings. The van der Waals surface area contributed by atoms with Crippen LogP contribution in [0.4, 0.5) is 17.6 Å². The summed E-state index contributed by atoms with van der Waals surface area (Å²) in [7, 11) is 0. The van der Waals surface area contributed by atoms with Crippen molar-refractivity contribution in [3.05, 3.63) is 35.1 Å². The monoisotopic (exact) mass is 418 g/mol. The van der Waals surface area contributed by atoms with Crippen LogP contribution in [0.15, 0.2) is 18.2 Å².